The molecule has 2 aromatic carbocycles. The molecule has 0 radical (unpaired) electrons. The number of hydrogen-bond donors (Lipinski definition) is 0. The molecule has 0 spiro atoms. The highest BCUT2D eigenvalue weighted by molar-refractivity contribution is 8.01. The molecule has 0 unspecified atom stereocenters. The Morgan fingerprint density at radius 2 is 2.03 bits per heavy atom. The smallest absolute Gasteiger partial charge is 0.361 e. The van der Waals surface area contributed by atoms with E-state index in [9.17, 15) is 4.79 Å². The largest absolute Gasteiger partial charge is 0.497 e. The summed E-state index contributed by atoms with van der Waals surface area (Å²) >= 11 is 9.24. The van der Waals surface area contributed by atoms with Crippen molar-refractivity contribution in [2.45, 2.75) is 41.8 Å². The van der Waals surface area contributed by atoms with E-state index in [1.807, 2.05) is 47.8 Å². The van der Waals surface area contributed by atoms with Gasteiger partial charge in [0.25, 0.3) is 0 Å². The molecule has 2 heterocycles. The van der Waals surface area contributed by atoms with Crippen molar-refractivity contribution in [1.29, 1.82) is 0 Å². The monoisotopic (exact) mass is 542 g/mol. The number of methoxy groups -OCH3 is 1. The van der Waals surface area contributed by atoms with Crippen LogP contribution in [0.15, 0.2) is 57.2 Å². The van der Waals surface area contributed by atoms with Crippen molar-refractivity contribution < 1.29 is 19.0 Å². The fourth-order valence-corrected chi connectivity index (χ4v) is 5.47. The number of aromatic nitrogens is 4. The highest BCUT2D eigenvalue weighted by Crippen LogP contribution is 2.38. The van der Waals surface area contributed by atoms with Gasteiger partial charge in [-0.15, -0.1) is 16.4 Å². The average Bonchev–Trinajstić information content (AvgIpc) is 3.43. The van der Waals surface area contributed by atoms with Crippen molar-refractivity contribution in [1.82, 2.24) is 20.0 Å². The van der Waals surface area contributed by atoms with Crippen LogP contribution in [0, 0.1) is 0 Å². The number of carbonyl (C=O) groups is 1. The second-order valence-electron chi connectivity index (χ2n) is 8.03. The van der Waals surface area contributed by atoms with Gasteiger partial charge < -0.3 is 14.2 Å². The molecule has 1 aliphatic rings. The molecule has 186 valence electrons. The third kappa shape index (κ3) is 5.66. The molecule has 0 amide bonds. The summed E-state index contributed by atoms with van der Waals surface area (Å²) in [4.78, 5) is 17.3. The molecule has 0 atom stereocenters. The van der Waals surface area contributed by atoms with E-state index in [-0.39, 0.29) is 18.4 Å². The van der Waals surface area contributed by atoms with E-state index in [0.29, 0.717) is 22.3 Å². The first-order valence-corrected chi connectivity index (χ1v) is 13.4. The van der Waals surface area contributed by atoms with Crippen molar-refractivity contribution in [2.24, 2.45) is 0 Å². The summed E-state index contributed by atoms with van der Waals surface area (Å²) in [6.07, 6.45) is 2.42. The number of halogens is 1. The minimum absolute atomic E-state index is 0.164. The first kappa shape index (κ1) is 24.6. The summed E-state index contributed by atoms with van der Waals surface area (Å²) in [5, 5.41) is 11.4. The van der Waals surface area contributed by atoms with Crippen LogP contribution in [0.1, 0.15) is 35.8 Å². The maximum atomic E-state index is 12.6. The average molecular weight is 543 g/mol. The van der Waals surface area contributed by atoms with E-state index in [1.165, 1.54) is 23.1 Å². The van der Waals surface area contributed by atoms with Crippen LogP contribution in [0.5, 0.6) is 11.5 Å². The van der Waals surface area contributed by atoms with Crippen LogP contribution in [-0.4, -0.2) is 45.8 Å². The van der Waals surface area contributed by atoms with E-state index in [2.05, 4.69) is 10.3 Å². The molecule has 4 aromatic rings. The summed E-state index contributed by atoms with van der Waals surface area (Å²) in [5.41, 5.74) is 2.83. The highest BCUT2D eigenvalue weighted by atomic mass is 35.5. The minimum atomic E-state index is -0.518. The number of nitrogens with zero attached hydrogens (tertiary/aromatic N) is 4. The second-order valence-corrected chi connectivity index (χ2v) is 10.5. The third-order valence-electron chi connectivity index (χ3n) is 5.36. The normalized spacial score (nSPS) is 13.0. The van der Waals surface area contributed by atoms with Gasteiger partial charge in [0.05, 0.1) is 37.1 Å². The van der Waals surface area contributed by atoms with Crippen LogP contribution in [0.4, 0.5) is 0 Å². The molecule has 1 fully saturated rings. The molecule has 5 rings (SSSR count). The van der Waals surface area contributed by atoms with Gasteiger partial charge in [-0.3, -0.25) is 0 Å². The van der Waals surface area contributed by atoms with Crippen LogP contribution in [0.3, 0.4) is 0 Å². The lowest BCUT2D eigenvalue weighted by atomic mass is 10.2. The first-order valence-electron chi connectivity index (χ1n) is 11.4. The Morgan fingerprint density at radius 3 is 2.72 bits per heavy atom. The SMILES string of the molecule is CCOC(=O)c1nnn(Cc2ccc(OC)cc2)c1Sc1nc(-c2ccc(OC3CC3)c(Cl)c2)cs1. The van der Waals surface area contributed by atoms with Crippen LogP contribution in [0.2, 0.25) is 5.02 Å². The molecule has 0 aliphatic heterocycles. The molecular formula is C25H23ClN4O4S2. The topological polar surface area (TPSA) is 88.4 Å². The molecule has 2 aromatic heterocycles. The Kier molecular flexibility index (Phi) is 7.45. The number of hydrogen-bond acceptors (Lipinski definition) is 9. The van der Waals surface area contributed by atoms with Gasteiger partial charge in [-0.25, -0.2) is 14.5 Å². The predicted octanol–water partition coefficient (Wildman–Crippen LogP) is 5.98. The molecule has 11 heteroatoms. The third-order valence-corrected chi connectivity index (χ3v) is 7.69. The summed E-state index contributed by atoms with van der Waals surface area (Å²) in [7, 11) is 1.62. The van der Waals surface area contributed by atoms with Crippen LogP contribution >= 0.6 is 34.7 Å². The predicted molar refractivity (Wildman–Crippen MR) is 138 cm³/mol. The minimum Gasteiger partial charge on any atom is -0.497 e. The van der Waals surface area contributed by atoms with Crippen LogP contribution in [0.25, 0.3) is 11.3 Å². The van der Waals surface area contributed by atoms with Gasteiger partial charge in [0.1, 0.15) is 16.5 Å². The quantitative estimate of drug-likeness (QED) is 0.226. The summed E-state index contributed by atoms with van der Waals surface area (Å²) < 4.78 is 18.7. The van der Waals surface area contributed by atoms with Crippen molar-refractivity contribution in [3.63, 3.8) is 0 Å². The Balaban J connectivity index is 1.39. The Labute approximate surface area is 221 Å². The Morgan fingerprint density at radius 1 is 1.22 bits per heavy atom. The van der Waals surface area contributed by atoms with E-state index in [1.54, 1.807) is 18.7 Å². The van der Waals surface area contributed by atoms with Gasteiger partial charge in [-0.2, -0.15) is 0 Å². The lowest BCUT2D eigenvalue weighted by Gasteiger charge is -2.08. The fourth-order valence-electron chi connectivity index (χ4n) is 3.38. The van der Waals surface area contributed by atoms with E-state index in [0.717, 1.165) is 39.8 Å². The van der Waals surface area contributed by atoms with Gasteiger partial charge in [0.2, 0.25) is 5.69 Å². The Bertz CT molecular complexity index is 1370. The summed E-state index contributed by atoms with van der Waals surface area (Å²) in [6, 6.07) is 13.3. The standard InChI is InChI=1S/C25H23ClN4O4S2/c1-3-33-24(31)22-23(30(29-28-22)13-15-4-7-17(32-2)8-5-15)36-25-27-20(14-35-25)16-6-11-21(19(26)12-16)34-18-9-10-18/h4-8,11-12,14,18H,3,9-10,13H2,1-2H3. The lowest BCUT2D eigenvalue weighted by molar-refractivity contribution is 0.0515. The number of carbonyl (C=O) groups excluding carboxylic acids is 1. The van der Waals surface area contributed by atoms with Gasteiger partial charge in [-0.1, -0.05) is 28.9 Å². The van der Waals surface area contributed by atoms with Gasteiger partial charge in [0.15, 0.2) is 4.34 Å². The molecule has 0 saturated heterocycles. The number of thiazole rings is 1. The van der Waals surface area contributed by atoms with Crippen LogP contribution < -0.4 is 9.47 Å². The molecule has 0 bridgehead atoms. The fraction of sp³-hybridized carbons (Fsp3) is 0.280. The maximum Gasteiger partial charge on any atom is 0.361 e. The molecule has 36 heavy (non-hydrogen) atoms. The number of ether oxygens (including phenoxy) is 3. The van der Waals surface area contributed by atoms with Crippen molar-refractivity contribution in [3.8, 4) is 22.8 Å². The van der Waals surface area contributed by atoms with E-state index < -0.39 is 5.97 Å². The van der Waals surface area contributed by atoms with Crippen molar-refractivity contribution >= 4 is 40.7 Å². The van der Waals surface area contributed by atoms with Gasteiger partial charge in [0, 0.05) is 10.9 Å². The number of rotatable bonds is 10. The van der Waals surface area contributed by atoms with Crippen molar-refractivity contribution in [3.05, 3.63) is 64.1 Å². The van der Waals surface area contributed by atoms with Gasteiger partial charge in [-0.05, 0) is 67.4 Å². The Hall–Kier alpha value is -3.08. The zero-order valence-electron chi connectivity index (χ0n) is 19.6. The number of benzene rings is 2. The lowest BCUT2D eigenvalue weighted by Crippen LogP contribution is -2.08. The molecular weight excluding hydrogens is 520 g/mol. The zero-order valence-corrected chi connectivity index (χ0v) is 22.0. The molecule has 1 aliphatic carbocycles. The van der Waals surface area contributed by atoms with E-state index in [4.69, 9.17) is 30.8 Å². The first-order chi connectivity index (χ1) is 17.5. The van der Waals surface area contributed by atoms with Crippen LogP contribution in [-0.2, 0) is 11.3 Å². The van der Waals surface area contributed by atoms with Crippen molar-refractivity contribution in [2.75, 3.05) is 13.7 Å². The van der Waals surface area contributed by atoms with Gasteiger partial charge >= 0.3 is 5.97 Å². The second kappa shape index (κ2) is 10.9. The van der Waals surface area contributed by atoms with E-state index >= 15 is 0 Å². The molecule has 8 nitrogen and oxygen atoms in total. The highest BCUT2D eigenvalue weighted by Gasteiger charge is 2.25. The molecule has 1 saturated carbocycles. The number of esters is 1. The maximum absolute atomic E-state index is 12.6. The summed E-state index contributed by atoms with van der Waals surface area (Å²) in [6.45, 7) is 2.43. The zero-order chi connectivity index (χ0) is 25.1. The summed E-state index contributed by atoms with van der Waals surface area (Å²) in [5.74, 6) is 0.942. The molecule has 0 N–H and O–H groups in total.